The van der Waals surface area contributed by atoms with E-state index < -0.39 is 0 Å². The van der Waals surface area contributed by atoms with E-state index in [-0.39, 0.29) is 6.10 Å². The Labute approximate surface area is 122 Å². The van der Waals surface area contributed by atoms with E-state index in [4.69, 9.17) is 0 Å². The van der Waals surface area contributed by atoms with Gasteiger partial charge in [0.2, 0.25) is 0 Å². The van der Waals surface area contributed by atoms with Gasteiger partial charge in [-0.2, -0.15) is 0 Å². The van der Waals surface area contributed by atoms with Gasteiger partial charge in [-0.3, -0.25) is 4.90 Å². The first kappa shape index (κ1) is 14.1. The summed E-state index contributed by atoms with van der Waals surface area (Å²) in [5.41, 5.74) is 2.31. The Morgan fingerprint density at radius 2 is 1.90 bits per heavy atom. The highest BCUT2D eigenvalue weighted by atomic mass is 16.3. The zero-order chi connectivity index (χ0) is 13.9. The Morgan fingerprint density at radius 3 is 2.75 bits per heavy atom. The number of fused-ring (bicyclic) bond motifs is 1. The van der Waals surface area contributed by atoms with E-state index in [0.717, 1.165) is 24.1 Å². The Bertz CT molecular complexity index is 443. The van der Waals surface area contributed by atoms with Gasteiger partial charge in [0.15, 0.2) is 0 Å². The number of hydrogen-bond acceptors (Lipinski definition) is 2. The van der Waals surface area contributed by atoms with E-state index in [1.165, 1.54) is 50.6 Å². The van der Waals surface area contributed by atoms with E-state index >= 15 is 0 Å². The number of nitrogens with zero attached hydrogens (tertiary/aromatic N) is 1. The minimum absolute atomic E-state index is 0.336. The van der Waals surface area contributed by atoms with Crippen LogP contribution in [0, 0.1) is 12.8 Å². The third-order valence-electron chi connectivity index (χ3n) is 5.31. The van der Waals surface area contributed by atoms with E-state index in [1.807, 2.05) is 12.1 Å². The lowest BCUT2D eigenvalue weighted by atomic mass is 9.78. The standard InChI is InChI=1S/C18H27NO/c1-14-7-2-4-10-16(14)18(20)13-19-12-6-9-15-8-3-5-11-17(15)19/h2,4,7,10,15,17-18,20H,3,5-6,8-9,11-13H2,1H3/t15-,17-,18?/m1/s1. The number of aliphatic hydroxyl groups excluding tert-OH is 1. The molecule has 2 aliphatic rings. The highest BCUT2D eigenvalue weighted by molar-refractivity contribution is 5.27. The highest BCUT2D eigenvalue weighted by Gasteiger charge is 2.34. The quantitative estimate of drug-likeness (QED) is 0.908. The molecular weight excluding hydrogens is 246 g/mol. The summed E-state index contributed by atoms with van der Waals surface area (Å²) in [6.07, 6.45) is 7.90. The van der Waals surface area contributed by atoms with E-state index in [2.05, 4.69) is 24.0 Å². The molecule has 20 heavy (non-hydrogen) atoms. The van der Waals surface area contributed by atoms with Crippen molar-refractivity contribution in [2.45, 2.75) is 57.6 Å². The molecule has 2 heteroatoms. The lowest BCUT2D eigenvalue weighted by Crippen LogP contribution is -2.48. The van der Waals surface area contributed by atoms with Crippen LogP contribution in [0.25, 0.3) is 0 Å². The van der Waals surface area contributed by atoms with E-state index in [9.17, 15) is 5.11 Å². The van der Waals surface area contributed by atoms with Gasteiger partial charge in [0.1, 0.15) is 0 Å². The zero-order valence-electron chi connectivity index (χ0n) is 12.6. The normalized spacial score (nSPS) is 28.9. The molecule has 3 rings (SSSR count). The van der Waals surface area contributed by atoms with Gasteiger partial charge in [-0.15, -0.1) is 0 Å². The summed E-state index contributed by atoms with van der Waals surface area (Å²) in [7, 11) is 0. The molecule has 1 unspecified atom stereocenters. The van der Waals surface area contributed by atoms with Crippen molar-refractivity contribution in [3.63, 3.8) is 0 Å². The van der Waals surface area contributed by atoms with Crippen LogP contribution in [0.3, 0.4) is 0 Å². The first-order valence-electron chi connectivity index (χ1n) is 8.23. The van der Waals surface area contributed by atoms with Crippen molar-refractivity contribution < 1.29 is 5.11 Å². The average Bonchev–Trinajstić information content (AvgIpc) is 2.48. The summed E-state index contributed by atoms with van der Waals surface area (Å²) < 4.78 is 0. The van der Waals surface area contributed by atoms with Crippen LogP contribution in [0.1, 0.15) is 55.8 Å². The number of likely N-dealkylation sites (tertiary alicyclic amines) is 1. The van der Waals surface area contributed by atoms with E-state index in [1.54, 1.807) is 0 Å². The fourth-order valence-corrected chi connectivity index (χ4v) is 4.24. The lowest BCUT2D eigenvalue weighted by Gasteiger charge is -2.45. The van der Waals surface area contributed by atoms with Crippen molar-refractivity contribution in [1.82, 2.24) is 4.90 Å². The van der Waals surface area contributed by atoms with Crippen LogP contribution < -0.4 is 0 Å². The molecule has 1 aromatic rings. The molecule has 1 heterocycles. The highest BCUT2D eigenvalue weighted by Crippen LogP contribution is 2.36. The molecule has 0 aromatic heterocycles. The van der Waals surface area contributed by atoms with Gasteiger partial charge < -0.3 is 5.11 Å². The summed E-state index contributed by atoms with van der Waals surface area (Å²) in [5.74, 6) is 0.890. The van der Waals surface area contributed by atoms with Gasteiger partial charge in [-0.1, -0.05) is 37.1 Å². The predicted molar refractivity (Wildman–Crippen MR) is 82.7 cm³/mol. The number of hydrogen-bond donors (Lipinski definition) is 1. The number of aliphatic hydroxyl groups is 1. The molecule has 0 spiro atoms. The zero-order valence-corrected chi connectivity index (χ0v) is 12.6. The second-order valence-corrected chi connectivity index (χ2v) is 6.62. The van der Waals surface area contributed by atoms with Gasteiger partial charge in [0.25, 0.3) is 0 Å². The summed E-state index contributed by atoms with van der Waals surface area (Å²) >= 11 is 0. The minimum Gasteiger partial charge on any atom is -0.387 e. The molecule has 1 saturated heterocycles. The molecule has 0 bridgehead atoms. The Kier molecular flexibility index (Phi) is 4.42. The topological polar surface area (TPSA) is 23.5 Å². The second kappa shape index (κ2) is 6.28. The maximum absolute atomic E-state index is 10.6. The minimum atomic E-state index is -0.336. The molecule has 2 nitrogen and oxygen atoms in total. The third kappa shape index (κ3) is 2.91. The molecule has 3 atom stereocenters. The molecule has 0 amide bonds. The summed E-state index contributed by atoms with van der Waals surface area (Å²) in [6, 6.07) is 8.98. The van der Waals surface area contributed by atoms with Gasteiger partial charge in [-0.25, -0.2) is 0 Å². The summed E-state index contributed by atoms with van der Waals surface area (Å²) in [4.78, 5) is 2.57. The smallest absolute Gasteiger partial charge is 0.0919 e. The SMILES string of the molecule is Cc1ccccc1C(O)CN1CCC[C@H]2CCCC[C@H]21. The summed E-state index contributed by atoms with van der Waals surface area (Å²) in [5, 5.41) is 10.6. The Morgan fingerprint density at radius 1 is 1.15 bits per heavy atom. The fourth-order valence-electron chi connectivity index (χ4n) is 4.24. The molecule has 1 aliphatic carbocycles. The molecule has 1 aromatic carbocycles. The Hall–Kier alpha value is -0.860. The molecule has 1 N–H and O–H groups in total. The fraction of sp³-hybridized carbons (Fsp3) is 0.667. The van der Waals surface area contributed by atoms with Gasteiger partial charge in [-0.05, 0) is 56.2 Å². The van der Waals surface area contributed by atoms with Gasteiger partial charge in [0, 0.05) is 12.6 Å². The number of aryl methyl sites for hydroxylation is 1. The Balaban J connectivity index is 1.68. The van der Waals surface area contributed by atoms with Gasteiger partial charge in [0.05, 0.1) is 6.10 Å². The van der Waals surface area contributed by atoms with Crippen LogP contribution in [0.5, 0.6) is 0 Å². The lowest BCUT2D eigenvalue weighted by molar-refractivity contribution is 0.0203. The van der Waals surface area contributed by atoms with Crippen molar-refractivity contribution in [3.05, 3.63) is 35.4 Å². The third-order valence-corrected chi connectivity index (χ3v) is 5.31. The van der Waals surface area contributed by atoms with Crippen molar-refractivity contribution >= 4 is 0 Å². The molecule has 1 aliphatic heterocycles. The van der Waals surface area contributed by atoms with Crippen LogP contribution in [0.4, 0.5) is 0 Å². The summed E-state index contributed by atoms with van der Waals surface area (Å²) in [6.45, 7) is 4.08. The van der Waals surface area contributed by atoms with Crippen molar-refractivity contribution in [1.29, 1.82) is 0 Å². The number of rotatable bonds is 3. The molecule has 110 valence electrons. The van der Waals surface area contributed by atoms with Crippen molar-refractivity contribution in [2.24, 2.45) is 5.92 Å². The second-order valence-electron chi connectivity index (χ2n) is 6.62. The maximum Gasteiger partial charge on any atom is 0.0919 e. The van der Waals surface area contributed by atoms with Crippen LogP contribution in [-0.2, 0) is 0 Å². The number of piperidine rings is 1. The van der Waals surface area contributed by atoms with E-state index in [0.29, 0.717) is 0 Å². The number of β-amino-alcohol motifs (C(OH)–C–C–N with tert-alkyl or cyclic N) is 1. The van der Waals surface area contributed by atoms with Crippen LogP contribution in [-0.4, -0.2) is 29.1 Å². The first-order valence-corrected chi connectivity index (χ1v) is 8.23. The van der Waals surface area contributed by atoms with Crippen LogP contribution >= 0.6 is 0 Å². The molecule has 0 radical (unpaired) electrons. The van der Waals surface area contributed by atoms with Crippen LogP contribution in [0.15, 0.2) is 24.3 Å². The maximum atomic E-state index is 10.6. The van der Waals surface area contributed by atoms with Crippen LogP contribution in [0.2, 0.25) is 0 Å². The molecule has 2 fully saturated rings. The average molecular weight is 273 g/mol. The predicted octanol–water partition coefficient (Wildman–Crippen LogP) is 3.68. The van der Waals surface area contributed by atoms with Gasteiger partial charge >= 0.3 is 0 Å². The molecular formula is C18H27NO. The monoisotopic (exact) mass is 273 g/mol. The largest absolute Gasteiger partial charge is 0.387 e. The number of benzene rings is 1. The first-order chi connectivity index (χ1) is 9.75. The van der Waals surface area contributed by atoms with Crippen molar-refractivity contribution in [3.8, 4) is 0 Å². The molecule has 1 saturated carbocycles. The van der Waals surface area contributed by atoms with Crippen molar-refractivity contribution in [2.75, 3.05) is 13.1 Å².